The maximum atomic E-state index is 12.0. The number of amides is 1. The molecule has 4 nitrogen and oxygen atoms in total. The summed E-state index contributed by atoms with van der Waals surface area (Å²) in [6, 6.07) is 13.5. The second kappa shape index (κ2) is 5.63. The Morgan fingerprint density at radius 2 is 2.10 bits per heavy atom. The number of pyridine rings is 1. The number of hydrogen-bond donors (Lipinski definition) is 1. The largest absolute Gasteiger partial charge is 0.322 e. The van der Waals surface area contributed by atoms with E-state index >= 15 is 0 Å². The van der Waals surface area contributed by atoms with E-state index in [4.69, 9.17) is 0 Å². The first kappa shape index (κ1) is 13.1. The Labute approximate surface area is 122 Å². The number of benzene rings is 1. The molecule has 0 bridgehead atoms. The molecule has 0 atom stereocenters. The topological polar surface area (TPSA) is 46.4 Å². The van der Waals surface area contributed by atoms with Crippen molar-refractivity contribution in [2.75, 3.05) is 5.32 Å². The standard InChI is InChI=1S/C17H15N3O/c1-13-4-2-3-5-14(13)6-7-17(21)19-15-9-11-20-16(12-15)8-10-18-20/h2-12H,1H3,(H,19,21)/b7-6+. The van der Waals surface area contributed by atoms with Crippen LogP contribution in [0.3, 0.4) is 0 Å². The smallest absolute Gasteiger partial charge is 0.248 e. The number of anilines is 1. The third-order valence-electron chi connectivity index (χ3n) is 3.27. The average Bonchev–Trinajstić information content (AvgIpc) is 2.94. The van der Waals surface area contributed by atoms with E-state index in [9.17, 15) is 4.79 Å². The minimum Gasteiger partial charge on any atom is -0.322 e. The van der Waals surface area contributed by atoms with Gasteiger partial charge in [0, 0.05) is 24.2 Å². The van der Waals surface area contributed by atoms with Crippen molar-refractivity contribution in [3.63, 3.8) is 0 Å². The van der Waals surface area contributed by atoms with E-state index in [2.05, 4.69) is 10.4 Å². The van der Waals surface area contributed by atoms with Crippen molar-refractivity contribution in [3.8, 4) is 0 Å². The second-order valence-corrected chi connectivity index (χ2v) is 4.80. The van der Waals surface area contributed by atoms with Crippen molar-refractivity contribution in [2.24, 2.45) is 0 Å². The summed E-state index contributed by atoms with van der Waals surface area (Å²) in [5.74, 6) is -0.151. The molecule has 4 heteroatoms. The van der Waals surface area contributed by atoms with Crippen LogP contribution in [0.15, 0.2) is 60.9 Å². The molecule has 1 N–H and O–H groups in total. The molecule has 3 aromatic rings. The normalized spacial score (nSPS) is 11.1. The van der Waals surface area contributed by atoms with Gasteiger partial charge in [0.05, 0.1) is 5.52 Å². The van der Waals surface area contributed by atoms with E-state index in [1.165, 1.54) is 0 Å². The monoisotopic (exact) mass is 277 g/mol. The lowest BCUT2D eigenvalue weighted by atomic mass is 10.1. The summed E-state index contributed by atoms with van der Waals surface area (Å²) in [6.45, 7) is 2.02. The zero-order valence-corrected chi connectivity index (χ0v) is 11.7. The average molecular weight is 277 g/mol. The highest BCUT2D eigenvalue weighted by molar-refractivity contribution is 6.02. The van der Waals surface area contributed by atoms with Crippen LogP contribution in [-0.4, -0.2) is 15.5 Å². The molecule has 0 aliphatic carbocycles. The summed E-state index contributed by atoms with van der Waals surface area (Å²) in [6.07, 6.45) is 6.90. The van der Waals surface area contributed by atoms with E-state index < -0.39 is 0 Å². The Morgan fingerprint density at radius 1 is 1.24 bits per heavy atom. The first-order chi connectivity index (χ1) is 10.2. The number of aromatic nitrogens is 2. The first-order valence-electron chi connectivity index (χ1n) is 6.70. The fourth-order valence-corrected chi connectivity index (χ4v) is 2.12. The summed E-state index contributed by atoms with van der Waals surface area (Å²) in [5, 5.41) is 6.96. The molecule has 3 rings (SSSR count). The molecular weight excluding hydrogens is 262 g/mol. The predicted molar refractivity (Wildman–Crippen MR) is 84.0 cm³/mol. The SMILES string of the molecule is Cc1ccccc1/C=C/C(=O)Nc1ccn2nccc2c1. The van der Waals surface area contributed by atoms with Crippen LogP contribution in [0.25, 0.3) is 11.6 Å². The van der Waals surface area contributed by atoms with E-state index in [1.54, 1.807) is 16.8 Å². The van der Waals surface area contributed by atoms with E-state index in [-0.39, 0.29) is 5.91 Å². The van der Waals surface area contributed by atoms with Gasteiger partial charge in [-0.25, -0.2) is 4.52 Å². The van der Waals surface area contributed by atoms with Crippen LogP contribution in [0, 0.1) is 6.92 Å². The fraction of sp³-hybridized carbons (Fsp3) is 0.0588. The van der Waals surface area contributed by atoms with Crippen molar-refractivity contribution in [2.45, 2.75) is 6.92 Å². The zero-order valence-electron chi connectivity index (χ0n) is 11.7. The highest BCUT2D eigenvalue weighted by Gasteiger charge is 2.00. The van der Waals surface area contributed by atoms with Gasteiger partial charge in [-0.3, -0.25) is 4.79 Å². The van der Waals surface area contributed by atoms with E-state index in [0.29, 0.717) is 0 Å². The molecule has 0 aliphatic heterocycles. The van der Waals surface area contributed by atoms with E-state index in [1.807, 2.05) is 61.7 Å². The summed E-state index contributed by atoms with van der Waals surface area (Å²) in [4.78, 5) is 12.0. The molecule has 0 unspecified atom stereocenters. The van der Waals surface area contributed by atoms with Crippen molar-refractivity contribution in [3.05, 3.63) is 72.1 Å². The van der Waals surface area contributed by atoms with Crippen LogP contribution in [0.4, 0.5) is 5.69 Å². The van der Waals surface area contributed by atoms with Crippen molar-refractivity contribution < 1.29 is 4.79 Å². The Hall–Kier alpha value is -2.88. The number of carbonyl (C=O) groups excluding carboxylic acids is 1. The van der Waals surface area contributed by atoms with Gasteiger partial charge in [0.2, 0.25) is 5.91 Å². The van der Waals surface area contributed by atoms with Crippen LogP contribution >= 0.6 is 0 Å². The quantitative estimate of drug-likeness (QED) is 0.747. The zero-order chi connectivity index (χ0) is 14.7. The number of aryl methyl sites for hydroxylation is 1. The number of fused-ring (bicyclic) bond motifs is 1. The van der Waals surface area contributed by atoms with Gasteiger partial charge in [-0.1, -0.05) is 24.3 Å². The molecule has 0 radical (unpaired) electrons. The lowest BCUT2D eigenvalue weighted by molar-refractivity contribution is -0.111. The highest BCUT2D eigenvalue weighted by Crippen LogP contribution is 2.12. The predicted octanol–water partition coefficient (Wildman–Crippen LogP) is 3.29. The molecule has 104 valence electrons. The van der Waals surface area contributed by atoms with E-state index in [0.717, 1.165) is 22.3 Å². The lowest BCUT2D eigenvalue weighted by Crippen LogP contribution is -2.08. The van der Waals surface area contributed by atoms with Gasteiger partial charge in [0.25, 0.3) is 0 Å². The van der Waals surface area contributed by atoms with Crippen molar-refractivity contribution in [1.82, 2.24) is 9.61 Å². The molecule has 0 saturated heterocycles. The molecule has 2 heterocycles. The summed E-state index contributed by atoms with van der Waals surface area (Å²) in [5.41, 5.74) is 3.87. The Bertz CT molecular complexity index is 818. The number of hydrogen-bond acceptors (Lipinski definition) is 2. The molecule has 21 heavy (non-hydrogen) atoms. The molecular formula is C17H15N3O. The van der Waals surface area contributed by atoms with Crippen LogP contribution in [0.1, 0.15) is 11.1 Å². The van der Waals surface area contributed by atoms with Gasteiger partial charge in [0.1, 0.15) is 0 Å². The van der Waals surface area contributed by atoms with Crippen LogP contribution in [0.5, 0.6) is 0 Å². The summed E-state index contributed by atoms with van der Waals surface area (Å²) < 4.78 is 1.75. The number of rotatable bonds is 3. The molecule has 0 fully saturated rings. The Morgan fingerprint density at radius 3 is 2.95 bits per heavy atom. The second-order valence-electron chi connectivity index (χ2n) is 4.80. The van der Waals surface area contributed by atoms with Crippen LogP contribution < -0.4 is 5.32 Å². The van der Waals surface area contributed by atoms with Gasteiger partial charge in [-0.15, -0.1) is 0 Å². The molecule has 2 aromatic heterocycles. The van der Waals surface area contributed by atoms with Gasteiger partial charge >= 0.3 is 0 Å². The minimum atomic E-state index is -0.151. The molecule has 0 spiro atoms. The highest BCUT2D eigenvalue weighted by atomic mass is 16.1. The molecule has 1 aromatic carbocycles. The van der Waals surface area contributed by atoms with Gasteiger partial charge < -0.3 is 5.32 Å². The maximum absolute atomic E-state index is 12.0. The van der Waals surface area contributed by atoms with Gasteiger partial charge in [0.15, 0.2) is 0 Å². The first-order valence-corrected chi connectivity index (χ1v) is 6.70. The van der Waals surface area contributed by atoms with Crippen molar-refractivity contribution >= 4 is 23.2 Å². The van der Waals surface area contributed by atoms with Crippen LogP contribution in [0.2, 0.25) is 0 Å². The summed E-state index contributed by atoms with van der Waals surface area (Å²) >= 11 is 0. The number of carbonyl (C=O) groups is 1. The lowest BCUT2D eigenvalue weighted by Gasteiger charge is -2.03. The Balaban J connectivity index is 1.72. The summed E-state index contributed by atoms with van der Waals surface area (Å²) in [7, 11) is 0. The Kier molecular flexibility index (Phi) is 3.51. The fourth-order valence-electron chi connectivity index (χ4n) is 2.12. The molecule has 0 saturated carbocycles. The van der Waals surface area contributed by atoms with Gasteiger partial charge in [-0.2, -0.15) is 5.10 Å². The van der Waals surface area contributed by atoms with Crippen LogP contribution in [-0.2, 0) is 4.79 Å². The third kappa shape index (κ3) is 3.00. The number of nitrogens with one attached hydrogen (secondary N) is 1. The maximum Gasteiger partial charge on any atom is 0.248 e. The minimum absolute atomic E-state index is 0.151. The van der Waals surface area contributed by atoms with Crippen molar-refractivity contribution in [1.29, 1.82) is 0 Å². The van der Waals surface area contributed by atoms with Gasteiger partial charge in [-0.05, 0) is 42.3 Å². The number of nitrogens with zero attached hydrogens (tertiary/aromatic N) is 2. The third-order valence-corrected chi connectivity index (χ3v) is 3.27. The molecule has 0 aliphatic rings. The molecule has 1 amide bonds.